The molecule has 29 heavy (non-hydrogen) atoms. The van der Waals surface area contributed by atoms with Gasteiger partial charge in [-0.1, -0.05) is 41.5 Å². The summed E-state index contributed by atoms with van der Waals surface area (Å²) >= 11 is 5.93. The second kappa shape index (κ2) is 7.78. The summed E-state index contributed by atoms with van der Waals surface area (Å²) in [6.07, 6.45) is 0. The third-order valence-corrected chi connectivity index (χ3v) is 15.3. The van der Waals surface area contributed by atoms with Gasteiger partial charge in [0.1, 0.15) is 22.6 Å². The van der Waals surface area contributed by atoms with Crippen molar-refractivity contribution in [3.05, 3.63) is 34.4 Å². The summed E-state index contributed by atoms with van der Waals surface area (Å²) < 4.78 is 18.5. The molecule has 0 radical (unpaired) electrons. The molecule has 0 N–H and O–H groups in total. The molecule has 0 bridgehead atoms. The van der Waals surface area contributed by atoms with Gasteiger partial charge in [0, 0.05) is 6.07 Å². The maximum Gasteiger partial charge on any atom is 0.347 e. The van der Waals surface area contributed by atoms with Gasteiger partial charge in [-0.05, 0) is 53.8 Å². The van der Waals surface area contributed by atoms with E-state index in [-0.39, 0.29) is 16.0 Å². The van der Waals surface area contributed by atoms with Crippen LogP contribution in [-0.2, 0) is 5.88 Å². The molecule has 0 unspecified atom stereocenters. The number of fused-ring (bicyclic) bond motifs is 1. The summed E-state index contributed by atoms with van der Waals surface area (Å²) in [4.78, 5) is 12.7. The molecule has 2 rings (SSSR count). The Kier molecular flexibility index (Phi) is 6.45. The lowest BCUT2D eigenvalue weighted by Crippen LogP contribution is -2.44. The molecule has 0 aliphatic rings. The van der Waals surface area contributed by atoms with Crippen molar-refractivity contribution in [3.63, 3.8) is 0 Å². The molecule has 162 valence electrons. The lowest BCUT2D eigenvalue weighted by Gasteiger charge is -2.38. The van der Waals surface area contributed by atoms with Crippen LogP contribution in [0.5, 0.6) is 11.5 Å². The number of hydrogen-bond acceptors (Lipinski definition) is 4. The highest BCUT2D eigenvalue weighted by Gasteiger charge is 2.41. The van der Waals surface area contributed by atoms with Crippen molar-refractivity contribution in [2.45, 2.75) is 83.7 Å². The summed E-state index contributed by atoms with van der Waals surface area (Å²) in [6, 6.07) is 5.57. The van der Waals surface area contributed by atoms with Gasteiger partial charge in [-0.25, -0.2) is 4.79 Å². The molecular weight excluding hydrogens is 420 g/mol. The van der Waals surface area contributed by atoms with Gasteiger partial charge < -0.3 is 13.3 Å². The summed E-state index contributed by atoms with van der Waals surface area (Å²) in [5, 5.41) is 1.23. The molecule has 0 aliphatic carbocycles. The monoisotopic (exact) mass is 454 g/mol. The zero-order chi connectivity index (χ0) is 22.4. The molecule has 1 heterocycles. The van der Waals surface area contributed by atoms with E-state index in [2.05, 4.69) is 67.7 Å². The maximum atomic E-state index is 12.7. The van der Waals surface area contributed by atoms with Crippen molar-refractivity contribution in [1.82, 2.24) is 0 Å². The van der Waals surface area contributed by atoms with Crippen LogP contribution in [0.4, 0.5) is 0 Å². The van der Waals surface area contributed by atoms with Crippen LogP contribution in [0.2, 0.25) is 36.3 Å². The van der Waals surface area contributed by atoms with Crippen LogP contribution >= 0.6 is 11.6 Å². The summed E-state index contributed by atoms with van der Waals surface area (Å²) in [7, 11) is -4.24. The van der Waals surface area contributed by atoms with Gasteiger partial charge in [-0.2, -0.15) is 0 Å². The molecule has 0 amide bonds. The fourth-order valence-corrected chi connectivity index (χ4v) is 4.56. The molecule has 0 atom stereocenters. The van der Waals surface area contributed by atoms with E-state index in [1.165, 1.54) is 0 Å². The summed E-state index contributed by atoms with van der Waals surface area (Å²) in [5.41, 5.74) is -0.425. The number of rotatable bonds is 5. The first-order chi connectivity index (χ1) is 13.0. The first kappa shape index (κ1) is 24.0. The first-order valence-corrected chi connectivity index (χ1v) is 16.4. The van der Waals surface area contributed by atoms with E-state index in [1.807, 2.05) is 12.1 Å². The van der Waals surface area contributed by atoms with Gasteiger partial charge in [-0.15, -0.1) is 11.6 Å². The highest BCUT2D eigenvalue weighted by Crippen LogP contribution is 2.42. The molecule has 0 saturated heterocycles. The number of hydrogen-bond donors (Lipinski definition) is 0. The molecule has 0 saturated carbocycles. The highest BCUT2D eigenvalue weighted by atomic mass is 35.5. The Morgan fingerprint density at radius 3 is 1.90 bits per heavy atom. The molecule has 0 aliphatic heterocycles. The van der Waals surface area contributed by atoms with Gasteiger partial charge in [0.25, 0.3) is 8.32 Å². The third kappa shape index (κ3) is 5.09. The minimum absolute atomic E-state index is 0.00805. The van der Waals surface area contributed by atoms with Crippen LogP contribution in [0, 0.1) is 0 Å². The van der Waals surface area contributed by atoms with E-state index >= 15 is 0 Å². The van der Waals surface area contributed by atoms with Crippen molar-refractivity contribution in [2.24, 2.45) is 0 Å². The van der Waals surface area contributed by atoms with Crippen LogP contribution < -0.4 is 14.5 Å². The third-order valence-electron chi connectivity index (χ3n) is 6.33. The molecule has 4 nitrogen and oxygen atoms in total. The zero-order valence-electron chi connectivity index (χ0n) is 19.5. The van der Waals surface area contributed by atoms with Crippen LogP contribution in [0.15, 0.2) is 27.4 Å². The Labute approximate surface area is 181 Å². The van der Waals surface area contributed by atoms with Crippen LogP contribution in [0.1, 0.15) is 47.3 Å². The minimum Gasteiger partial charge on any atom is -0.543 e. The molecule has 0 spiro atoms. The van der Waals surface area contributed by atoms with E-state index in [4.69, 9.17) is 24.9 Å². The lowest BCUT2D eigenvalue weighted by atomic mass is 10.1. The molecule has 0 fully saturated rings. The number of benzene rings is 1. The molecule has 1 aromatic carbocycles. The van der Waals surface area contributed by atoms with E-state index in [9.17, 15) is 4.79 Å². The van der Waals surface area contributed by atoms with Crippen molar-refractivity contribution in [2.75, 3.05) is 0 Å². The van der Waals surface area contributed by atoms with Crippen molar-refractivity contribution >= 4 is 39.0 Å². The Morgan fingerprint density at radius 1 is 0.897 bits per heavy atom. The fraction of sp³-hybridized carbons (Fsp3) is 0.591. The average molecular weight is 455 g/mol. The normalized spacial score (nSPS) is 13.6. The Morgan fingerprint density at radius 2 is 1.41 bits per heavy atom. The SMILES string of the molecule is CC(C)(C)[Si](C)(C)Oc1cc(O[Si](C)(C)C(C)(C)C)c2c(=O)oc(CCl)cc2c1. The molecular formula is C22H35ClO4Si2. The van der Waals surface area contributed by atoms with Gasteiger partial charge >= 0.3 is 5.63 Å². The van der Waals surface area contributed by atoms with Crippen molar-refractivity contribution < 1.29 is 13.3 Å². The average Bonchev–Trinajstić information content (AvgIpc) is 2.50. The number of alkyl halides is 1. The van der Waals surface area contributed by atoms with Crippen LogP contribution in [0.3, 0.4) is 0 Å². The van der Waals surface area contributed by atoms with E-state index in [0.29, 0.717) is 16.9 Å². The van der Waals surface area contributed by atoms with Gasteiger partial charge in [0.15, 0.2) is 0 Å². The standard InChI is InChI=1S/C22H35ClO4Si2/c1-21(2,3)28(7,8)26-16-11-15-12-17(14-23)25-20(24)19(15)18(13-16)27-29(9,10)22(4,5)6/h11-13H,14H2,1-10H3. The highest BCUT2D eigenvalue weighted by molar-refractivity contribution is 6.75. The first-order valence-electron chi connectivity index (χ1n) is 10.0. The predicted molar refractivity (Wildman–Crippen MR) is 128 cm³/mol. The van der Waals surface area contributed by atoms with E-state index in [1.54, 1.807) is 6.07 Å². The zero-order valence-corrected chi connectivity index (χ0v) is 22.2. The smallest absolute Gasteiger partial charge is 0.347 e. The van der Waals surface area contributed by atoms with Crippen LogP contribution in [0.25, 0.3) is 10.8 Å². The lowest BCUT2D eigenvalue weighted by molar-refractivity contribution is 0.467. The van der Waals surface area contributed by atoms with Gasteiger partial charge in [0.05, 0.1) is 5.88 Å². The summed E-state index contributed by atoms with van der Waals surface area (Å²) in [6.45, 7) is 21.9. The van der Waals surface area contributed by atoms with Crippen LogP contribution in [-0.4, -0.2) is 16.6 Å². The second-order valence-electron chi connectivity index (χ2n) is 10.7. The molecule has 2 aromatic rings. The van der Waals surface area contributed by atoms with E-state index < -0.39 is 22.3 Å². The second-order valence-corrected chi connectivity index (χ2v) is 20.5. The van der Waals surface area contributed by atoms with Crippen molar-refractivity contribution in [3.8, 4) is 11.5 Å². The Bertz CT molecular complexity index is 950. The largest absolute Gasteiger partial charge is 0.543 e. The maximum absolute atomic E-state index is 12.7. The van der Waals surface area contributed by atoms with Crippen molar-refractivity contribution in [1.29, 1.82) is 0 Å². The molecule has 1 aromatic heterocycles. The summed E-state index contributed by atoms with van der Waals surface area (Å²) in [5.74, 6) is 1.84. The Balaban J connectivity index is 2.71. The predicted octanol–water partition coefficient (Wildman–Crippen LogP) is 7.30. The fourth-order valence-electron chi connectivity index (χ4n) is 2.40. The van der Waals surface area contributed by atoms with Gasteiger partial charge in [0.2, 0.25) is 8.32 Å². The molecule has 7 heteroatoms. The quantitative estimate of drug-likeness (QED) is 0.351. The minimum atomic E-state index is -2.18. The Hall–Kier alpha value is -1.25. The van der Waals surface area contributed by atoms with E-state index in [0.717, 1.165) is 11.1 Å². The topological polar surface area (TPSA) is 48.7 Å². The van der Waals surface area contributed by atoms with Gasteiger partial charge in [-0.3, -0.25) is 0 Å². The number of halogens is 1.